The molecule has 2 atom stereocenters. The Morgan fingerprint density at radius 3 is 2.00 bits per heavy atom. The first-order valence-electron chi connectivity index (χ1n) is 8.36. The maximum Gasteiger partial charge on any atom is 0.331 e. The Hall–Kier alpha value is -1.12. The van der Waals surface area contributed by atoms with Gasteiger partial charge in [0.05, 0.1) is 13.5 Å². The average Bonchev–Trinajstić information content (AvgIpc) is 2.73. The van der Waals surface area contributed by atoms with Gasteiger partial charge in [-0.25, -0.2) is 9.59 Å². The van der Waals surface area contributed by atoms with Crippen LogP contribution in [0.15, 0.2) is 0 Å². The summed E-state index contributed by atoms with van der Waals surface area (Å²) in [6.45, 7) is 8.88. The number of esters is 3. The molecule has 25 heavy (non-hydrogen) atoms. The van der Waals surface area contributed by atoms with Crippen LogP contribution in [0, 0.1) is 10.8 Å². The van der Waals surface area contributed by atoms with Crippen molar-refractivity contribution in [3.05, 3.63) is 0 Å². The standard InChI is InChI=1S/C17H30N2O5S/c1-16(2)6-7-17(3,4)15(16)25-9-11(19)14(22)24-13(21)10(18)8-12(20)23-5/h10-11,15H,6-9,18-19H2,1-5H3/t10-,11-/m0/s1. The predicted octanol–water partition coefficient (Wildman–Crippen LogP) is 1.22. The van der Waals surface area contributed by atoms with Crippen LogP contribution in [0.4, 0.5) is 0 Å². The normalized spacial score (nSPS) is 21.4. The van der Waals surface area contributed by atoms with Crippen molar-refractivity contribution < 1.29 is 23.9 Å². The molecular formula is C17H30N2O5S. The highest BCUT2D eigenvalue weighted by Crippen LogP contribution is 2.54. The van der Waals surface area contributed by atoms with Crippen molar-refractivity contribution in [3.8, 4) is 0 Å². The molecule has 0 aromatic heterocycles. The molecule has 144 valence electrons. The molecule has 1 fully saturated rings. The van der Waals surface area contributed by atoms with Crippen LogP contribution < -0.4 is 11.5 Å². The summed E-state index contributed by atoms with van der Waals surface area (Å²) in [6.07, 6.45) is 1.90. The van der Waals surface area contributed by atoms with Gasteiger partial charge in [-0.3, -0.25) is 4.79 Å². The number of hydrogen-bond donors (Lipinski definition) is 2. The number of carbonyl (C=O) groups is 3. The van der Waals surface area contributed by atoms with E-state index in [2.05, 4.69) is 37.2 Å². The molecule has 1 rings (SSSR count). The molecule has 0 aromatic rings. The number of methoxy groups -OCH3 is 1. The molecule has 7 nitrogen and oxygen atoms in total. The Bertz CT molecular complexity index is 505. The van der Waals surface area contributed by atoms with Gasteiger partial charge in [-0.15, -0.1) is 0 Å². The first-order chi connectivity index (χ1) is 11.4. The van der Waals surface area contributed by atoms with E-state index in [-0.39, 0.29) is 17.3 Å². The number of hydrogen-bond acceptors (Lipinski definition) is 8. The van der Waals surface area contributed by atoms with Crippen molar-refractivity contribution in [3.63, 3.8) is 0 Å². The fraction of sp³-hybridized carbons (Fsp3) is 0.824. The third kappa shape index (κ3) is 5.97. The quantitative estimate of drug-likeness (QED) is 0.504. The van der Waals surface area contributed by atoms with Crippen LogP contribution in [-0.2, 0) is 23.9 Å². The average molecular weight is 375 g/mol. The molecule has 4 N–H and O–H groups in total. The van der Waals surface area contributed by atoms with E-state index >= 15 is 0 Å². The van der Waals surface area contributed by atoms with Gasteiger partial charge in [0.2, 0.25) is 0 Å². The number of ether oxygens (including phenoxy) is 2. The lowest BCUT2D eigenvalue weighted by Crippen LogP contribution is -2.42. The fourth-order valence-electron chi connectivity index (χ4n) is 3.28. The van der Waals surface area contributed by atoms with Gasteiger partial charge in [0.25, 0.3) is 0 Å². The van der Waals surface area contributed by atoms with Crippen molar-refractivity contribution >= 4 is 29.7 Å². The Morgan fingerprint density at radius 1 is 1.04 bits per heavy atom. The van der Waals surface area contributed by atoms with E-state index < -0.39 is 30.0 Å². The number of rotatable bonds is 7. The number of thioether (sulfide) groups is 1. The summed E-state index contributed by atoms with van der Waals surface area (Å²) >= 11 is 1.64. The summed E-state index contributed by atoms with van der Waals surface area (Å²) in [5.74, 6) is -2.10. The van der Waals surface area contributed by atoms with Crippen molar-refractivity contribution in [2.45, 2.75) is 64.3 Å². The Morgan fingerprint density at radius 2 is 1.52 bits per heavy atom. The second-order valence-corrected chi connectivity index (χ2v) is 9.06. The highest BCUT2D eigenvalue weighted by atomic mass is 32.2. The van der Waals surface area contributed by atoms with E-state index in [9.17, 15) is 14.4 Å². The van der Waals surface area contributed by atoms with Crippen molar-refractivity contribution in [1.82, 2.24) is 0 Å². The minimum atomic E-state index is -1.25. The lowest BCUT2D eigenvalue weighted by Gasteiger charge is -2.35. The van der Waals surface area contributed by atoms with Gasteiger partial charge in [-0.2, -0.15) is 11.8 Å². The zero-order valence-corrected chi connectivity index (χ0v) is 16.5. The van der Waals surface area contributed by atoms with Gasteiger partial charge < -0.3 is 20.9 Å². The first-order valence-corrected chi connectivity index (χ1v) is 9.40. The van der Waals surface area contributed by atoms with Crippen LogP contribution in [0.3, 0.4) is 0 Å². The monoisotopic (exact) mass is 374 g/mol. The molecule has 0 aromatic carbocycles. The van der Waals surface area contributed by atoms with Crippen LogP contribution in [0.1, 0.15) is 47.0 Å². The Kier molecular flexibility index (Phi) is 7.46. The molecule has 0 heterocycles. The molecule has 0 amide bonds. The second kappa shape index (κ2) is 8.51. The van der Waals surface area contributed by atoms with Gasteiger partial charge >= 0.3 is 17.9 Å². The number of nitrogens with two attached hydrogens (primary N) is 2. The highest BCUT2D eigenvalue weighted by Gasteiger charge is 2.47. The van der Waals surface area contributed by atoms with Crippen LogP contribution >= 0.6 is 11.8 Å². The van der Waals surface area contributed by atoms with Crippen LogP contribution in [-0.4, -0.2) is 48.1 Å². The van der Waals surface area contributed by atoms with Crippen molar-refractivity contribution in [2.24, 2.45) is 22.3 Å². The molecule has 0 saturated heterocycles. The van der Waals surface area contributed by atoms with Crippen LogP contribution in [0.2, 0.25) is 0 Å². The van der Waals surface area contributed by atoms with E-state index in [1.165, 1.54) is 7.11 Å². The predicted molar refractivity (Wildman–Crippen MR) is 96.7 cm³/mol. The summed E-state index contributed by atoms with van der Waals surface area (Å²) < 4.78 is 9.11. The molecule has 0 unspecified atom stereocenters. The molecule has 1 aliphatic rings. The lowest BCUT2D eigenvalue weighted by molar-refractivity contribution is -0.162. The second-order valence-electron chi connectivity index (χ2n) is 7.92. The first kappa shape index (κ1) is 21.9. The van der Waals surface area contributed by atoms with Gasteiger partial charge in [0.1, 0.15) is 12.1 Å². The van der Waals surface area contributed by atoms with Crippen molar-refractivity contribution in [1.29, 1.82) is 0 Å². The van der Waals surface area contributed by atoms with E-state index in [1.807, 2.05) is 0 Å². The van der Waals surface area contributed by atoms with Gasteiger partial charge in [-0.05, 0) is 23.7 Å². The minimum Gasteiger partial charge on any atom is -0.469 e. The third-order valence-electron chi connectivity index (χ3n) is 4.70. The Balaban J connectivity index is 2.52. The van der Waals surface area contributed by atoms with Gasteiger partial charge in [0, 0.05) is 11.0 Å². The summed E-state index contributed by atoms with van der Waals surface area (Å²) in [4.78, 5) is 34.8. The molecule has 8 heteroatoms. The molecule has 1 saturated carbocycles. The zero-order chi connectivity index (χ0) is 19.4. The topological polar surface area (TPSA) is 122 Å². The SMILES string of the molecule is COC(=O)C[C@H](N)C(=O)OC(=O)[C@@H](N)CSC1C(C)(C)CCC1(C)C. The largest absolute Gasteiger partial charge is 0.469 e. The fourth-order valence-corrected chi connectivity index (χ4v) is 4.95. The summed E-state index contributed by atoms with van der Waals surface area (Å²) in [5, 5.41) is 0.358. The van der Waals surface area contributed by atoms with E-state index in [0.29, 0.717) is 11.0 Å². The van der Waals surface area contributed by atoms with E-state index in [4.69, 9.17) is 11.5 Å². The smallest absolute Gasteiger partial charge is 0.331 e. The maximum atomic E-state index is 12.0. The molecule has 0 radical (unpaired) electrons. The van der Waals surface area contributed by atoms with E-state index in [0.717, 1.165) is 12.8 Å². The summed E-state index contributed by atoms with van der Waals surface area (Å²) in [6, 6.07) is -2.17. The maximum absolute atomic E-state index is 12.0. The van der Waals surface area contributed by atoms with Crippen molar-refractivity contribution in [2.75, 3.05) is 12.9 Å². The lowest BCUT2D eigenvalue weighted by atomic mass is 9.84. The Labute approximate surface area is 153 Å². The number of carbonyl (C=O) groups excluding carboxylic acids is 3. The molecule has 0 bridgehead atoms. The minimum absolute atomic E-state index is 0.163. The molecular weight excluding hydrogens is 344 g/mol. The summed E-state index contributed by atoms with van der Waals surface area (Å²) in [5.41, 5.74) is 11.7. The van der Waals surface area contributed by atoms with E-state index in [1.54, 1.807) is 11.8 Å². The zero-order valence-electron chi connectivity index (χ0n) is 15.7. The van der Waals surface area contributed by atoms with Crippen LogP contribution in [0.25, 0.3) is 0 Å². The van der Waals surface area contributed by atoms with Gasteiger partial charge in [-0.1, -0.05) is 27.7 Å². The highest BCUT2D eigenvalue weighted by molar-refractivity contribution is 8.00. The summed E-state index contributed by atoms with van der Waals surface area (Å²) in [7, 11) is 1.19. The molecule has 0 spiro atoms. The molecule has 0 aliphatic heterocycles. The molecule has 1 aliphatic carbocycles. The van der Waals surface area contributed by atoms with Crippen LogP contribution in [0.5, 0.6) is 0 Å². The van der Waals surface area contributed by atoms with Gasteiger partial charge in [0.15, 0.2) is 0 Å². The third-order valence-corrected chi connectivity index (χ3v) is 6.86.